The summed E-state index contributed by atoms with van der Waals surface area (Å²) in [6.45, 7) is 1.95. The molecule has 0 saturated carbocycles. The second-order valence-electron chi connectivity index (χ2n) is 5.63. The molecule has 0 aromatic carbocycles. The fraction of sp³-hybridized carbons (Fsp3) is 0.533. The van der Waals surface area contributed by atoms with Crippen molar-refractivity contribution in [2.45, 2.75) is 31.8 Å². The Labute approximate surface area is 128 Å². The van der Waals surface area contributed by atoms with E-state index in [2.05, 4.69) is 10.4 Å². The summed E-state index contributed by atoms with van der Waals surface area (Å²) in [6.07, 6.45) is 4.09. The lowest BCUT2D eigenvalue weighted by molar-refractivity contribution is -0.132. The lowest BCUT2D eigenvalue weighted by Gasteiger charge is -2.24. The Morgan fingerprint density at radius 2 is 2.32 bits per heavy atom. The van der Waals surface area contributed by atoms with E-state index in [1.54, 1.807) is 18.3 Å². The quantitative estimate of drug-likeness (QED) is 0.850. The number of fused-ring (bicyclic) bond motifs is 1. The molecule has 1 saturated heterocycles. The van der Waals surface area contributed by atoms with Gasteiger partial charge in [-0.2, -0.15) is 0 Å². The summed E-state index contributed by atoms with van der Waals surface area (Å²) >= 11 is 0. The van der Waals surface area contributed by atoms with Gasteiger partial charge < -0.3 is 10.2 Å². The number of aryl methyl sites for hydroxylation is 1. The van der Waals surface area contributed by atoms with Gasteiger partial charge in [0.15, 0.2) is 5.65 Å². The van der Waals surface area contributed by atoms with E-state index in [0.717, 1.165) is 25.9 Å². The third kappa shape index (κ3) is 2.76. The van der Waals surface area contributed by atoms with Crippen LogP contribution in [0.25, 0.3) is 5.65 Å². The average molecular weight is 303 g/mol. The number of hydrogen-bond acceptors (Lipinski definition) is 4. The molecule has 0 aliphatic carbocycles. The molecule has 1 aliphatic rings. The zero-order chi connectivity index (χ0) is 15.5. The molecule has 3 rings (SSSR count). The van der Waals surface area contributed by atoms with Crippen LogP contribution in [0.15, 0.2) is 29.2 Å². The van der Waals surface area contributed by atoms with Gasteiger partial charge in [-0.15, -0.1) is 5.10 Å². The summed E-state index contributed by atoms with van der Waals surface area (Å²) < 4.78 is 2.86. The van der Waals surface area contributed by atoms with Crippen LogP contribution in [-0.4, -0.2) is 51.2 Å². The van der Waals surface area contributed by atoms with Crippen LogP contribution < -0.4 is 11.0 Å². The Morgan fingerprint density at radius 3 is 3.09 bits per heavy atom. The highest BCUT2D eigenvalue weighted by atomic mass is 16.2. The van der Waals surface area contributed by atoms with Crippen LogP contribution in [0, 0.1) is 0 Å². The summed E-state index contributed by atoms with van der Waals surface area (Å²) in [4.78, 5) is 26.5. The first-order valence-corrected chi connectivity index (χ1v) is 7.69. The van der Waals surface area contributed by atoms with Gasteiger partial charge in [0.2, 0.25) is 5.91 Å². The van der Waals surface area contributed by atoms with Gasteiger partial charge >= 0.3 is 5.69 Å². The van der Waals surface area contributed by atoms with Crippen molar-refractivity contribution < 1.29 is 4.79 Å². The molecule has 7 heteroatoms. The maximum atomic E-state index is 12.4. The smallest absolute Gasteiger partial charge is 0.338 e. The minimum atomic E-state index is -0.198. The minimum absolute atomic E-state index is 0.0988. The number of pyridine rings is 1. The van der Waals surface area contributed by atoms with Gasteiger partial charge in [0.1, 0.15) is 0 Å². The zero-order valence-corrected chi connectivity index (χ0v) is 12.7. The summed E-state index contributed by atoms with van der Waals surface area (Å²) in [5, 5.41) is 7.38. The maximum absolute atomic E-state index is 12.4. The molecule has 1 N–H and O–H groups in total. The number of aromatic nitrogens is 3. The number of amides is 1. The molecule has 1 amide bonds. The van der Waals surface area contributed by atoms with Crippen LogP contribution >= 0.6 is 0 Å². The maximum Gasteiger partial charge on any atom is 0.350 e. The van der Waals surface area contributed by atoms with Crippen molar-refractivity contribution in [1.29, 1.82) is 0 Å². The van der Waals surface area contributed by atoms with Crippen LogP contribution in [0.2, 0.25) is 0 Å². The van der Waals surface area contributed by atoms with Crippen LogP contribution in [0.1, 0.15) is 19.3 Å². The van der Waals surface area contributed by atoms with E-state index < -0.39 is 0 Å². The normalized spacial score (nSPS) is 18.2. The summed E-state index contributed by atoms with van der Waals surface area (Å²) in [6, 6.07) is 5.68. The van der Waals surface area contributed by atoms with Crippen molar-refractivity contribution in [2.75, 3.05) is 20.1 Å². The van der Waals surface area contributed by atoms with E-state index in [0.29, 0.717) is 18.6 Å². The minimum Gasteiger partial charge on any atom is -0.338 e. The van der Waals surface area contributed by atoms with Gasteiger partial charge in [0, 0.05) is 31.7 Å². The molecule has 7 nitrogen and oxygen atoms in total. The van der Waals surface area contributed by atoms with E-state index >= 15 is 0 Å². The molecule has 0 unspecified atom stereocenters. The lowest BCUT2D eigenvalue weighted by atomic mass is 10.2. The number of nitrogens with zero attached hydrogens (tertiary/aromatic N) is 4. The molecule has 3 heterocycles. The van der Waals surface area contributed by atoms with Gasteiger partial charge in [-0.1, -0.05) is 6.07 Å². The number of nitrogens with one attached hydrogen (secondary N) is 1. The first kappa shape index (κ1) is 14.8. The number of likely N-dealkylation sites (tertiary alicyclic amines) is 1. The molecule has 0 spiro atoms. The second-order valence-corrected chi connectivity index (χ2v) is 5.63. The molecule has 1 atom stereocenters. The second kappa shape index (κ2) is 6.31. The molecule has 0 bridgehead atoms. The Kier molecular flexibility index (Phi) is 4.24. The molecular weight excluding hydrogens is 282 g/mol. The summed E-state index contributed by atoms with van der Waals surface area (Å²) in [5.74, 6) is 0.0988. The van der Waals surface area contributed by atoms with E-state index in [1.165, 1.54) is 9.08 Å². The van der Waals surface area contributed by atoms with Gasteiger partial charge in [0.05, 0.1) is 6.54 Å². The highest BCUT2D eigenvalue weighted by Crippen LogP contribution is 2.17. The van der Waals surface area contributed by atoms with Crippen LogP contribution in [0.5, 0.6) is 0 Å². The first-order valence-electron chi connectivity index (χ1n) is 7.69. The Balaban J connectivity index is 1.67. The van der Waals surface area contributed by atoms with E-state index in [4.69, 9.17) is 0 Å². The van der Waals surface area contributed by atoms with Crippen molar-refractivity contribution in [3.63, 3.8) is 0 Å². The number of hydrogen-bond donors (Lipinski definition) is 1. The summed E-state index contributed by atoms with van der Waals surface area (Å²) in [7, 11) is 1.90. The third-order valence-electron chi connectivity index (χ3n) is 4.16. The predicted molar refractivity (Wildman–Crippen MR) is 82.7 cm³/mol. The van der Waals surface area contributed by atoms with Crippen molar-refractivity contribution >= 4 is 11.6 Å². The largest absolute Gasteiger partial charge is 0.350 e. The molecular formula is C15H21N5O2. The number of carbonyl (C=O) groups excluding carboxylic acids is 1. The van der Waals surface area contributed by atoms with E-state index in [1.807, 2.05) is 18.0 Å². The molecule has 118 valence electrons. The standard InChI is InChI=1S/C15H21N5O2/c1-16-11-12-5-4-9-18(12)14(21)7-10-20-15(22)19-8-3-2-6-13(19)17-20/h2-3,6,8,12,16H,4-5,7,9-11H2,1H3/t12-/m1/s1. The Hall–Kier alpha value is -2.15. The average Bonchev–Trinajstić information content (AvgIpc) is 3.11. The van der Waals surface area contributed by atoms with Gasteiger partial charge in [-0.25, -0.2) is 9.48 Å². The summed E-state index contributed by atoms with van der Waals surface area (Å²) in [5.41, 5.74) is 0.408. The van der Waals surface area contributed by atoms with E-state index in [9.17, 15) is 9.59 Å². The van der Waals surface area contributed by atoms with Crippen molar-refractivity contribution in [2.24, 2.45) is 0 Å². The van der Waals surface area contributed by atoms with Gasteiger partial charge in [-0.3, -0.25) is 9.20 Å². The van der Waals surface area contributed by atoms with Gasteiger partial charge in [-0.05, 0) is 32.0 Å². The van der Waals surface area contributed by atoms with E-state index in [-0.39, 0.29) is 17.6 Å². The highest BCUT2D eigenvalue weighted by molar-refractivity contribution is 5.76. The predicted octanol–water partition coefficient (Wildman–Crippen LogP) is 0.0965. The van der Waals surface area contributed by atoms with Crippen LogP contribution in [0.3, 0.4) is 0 Å². The Bertz CT molecular complexity index is 720. The van der Waals surface area contributed by atoms with Crippen LogP contribution in [-0.2, 0) is 11.3 Å². The number of rotatable bonds is 5. The lowest BCUT2D eigenvalue weighted by Crippen LogP contribution is -2.41. The third-order valence-corrected chi connectivity index (χ3v) is 4.16. The molecule has 2 aromatic rings. The zero-order valence-electron chi connectivity index (χ0n) is 12.7. The fourth-order valence-electron chi connectivity index (χ4n) is 3.07. The molecule has 22 heavy (non-hydrogen) atoms. The topological polar surface area (TPSA) is 71.6 Å². The fourth-order valence-corrected chi connectivity index (χ4v) is 3.07. The monoisotopic (exact) mass is 303 g/mol. The van der Waals surface area contributed by atoms with Gasteiger partial charge in [0.25, 0.3) is 0 Å². The molecule has 1 fully saturated rings. The Morgan fingerprint density at radius 1 is 1.45 bits per heavy atom. The molecule has 1 aliphatic heterocycles. The van der Waals surface area contributed by atoms with Crippen molar-refractivity contribution in [3.05, 3.63) is 34.9 Å². The number of carbonyl (C=O) groups is 1. The van der Waals surface area contributed by atoms with Crippen molar-refractivity contribution in [1.82, 2.24) is 24.4 Å². The van der Waals surface area contributed by atoms with Crippen LogP contribution in [0.4, 0.5) is 0 Å². The van der Waals surface area contributed by atoms with Crippen molar-refractivity contribution in [3.8, 4) is 0 Å². The molecule has 0 radical (unpaired) electrons. The highest BCUT2D eigenvalue weighted by Gasteiger charge is 2.27. The first-order chi connectivity index (χ1) is 10.7. The SMILES string of the molecule is CNC[C@H]1CCCN1C(=O)CCn1nc2ccccn2c1=O. The molecule has 2 aromatic heterocycles. The number of likely N-dealkylation sites (N-methyl/N-ethyl adjacent to an activating group) is 1.